The van der Waals surface area contributed by atoms with Crippen molar-refractivity contribution in [3.8, 4) is 0 Å². The Labute approximate surface area is 230 Å². The number of rotatable bonds is 24. The summed E-state index contributed by atoms with van der Waals surface area (Å²) in [5.74, 6) is -1.67. The first-order valence-electron chi connectivity index (χ1n) is 14.3. The molecular weight excluding hydrogens is 490 g/mol. The number of hydrogen-bond donors (Lipinski definition) is 2. The van der Waals surface area contributed by atoms with Gasteiger partial charge in [0.25, 0.3) is 0 Å². The predicted molar refractivity (Wildman–Crippen MR) is 146 cm³/mol. The van der Waals surface area contributed by atoms with E-state index in [9.17, 15) is 9.59 Å². The Hall–Kier alpha value is -0.957. The molecule has 0 unspecified atom stereocenters. The molecule has 0 saturated heterocycles. The Morgan fingerprint density at radius 3 is 0.914 bits per heavy atom. The Morgan fingerprint density at radius 1 is 0.457 bits per heavy atom. The van der Waals surface area contributed by atoms with Crippen LogP contribution in [0.25, 0.3) is 0 Å². The zero-order valence-corrected chi connectivity index (χ0v) is 26.3. The smallest absolute Gasteiger partial charge is 0.327 e. The number of allylic oxidation sites excluding steroid dienone is 2. The van der Waals surface area contributed by atoms with Crippen LogP contribution in [-0.4, -0.2) is 22.2 Å². The van der Waals surface area contributed by atoms with Crippen molar-refractivity contribution in [3.63, 3.8) is 0 Å². The average molecular weight is 546 g/mol. The van der Waals surface area contributed by atoms with Crippen molar-refractivity contribution in [2.45, 2.75) is 155 Å². The number of carboxylic acids is 2. The van der Waals surface area contributed by atoms with Crippen molar-refractivity contribution < 1.29 is 39.3 Å². The molecule has 0 bridgehead atoms. The van der Waals surface area contributed by atoms with Gasteiger partial charge in [-0.1, -0.05) is 142 Å². The van der Waals surface area contributed by atoms with E-state index in [2.05, 4.69) is 13.8 Å². The van der Waals surface area contributed by atoms with Crippen LogP contribution in [0, 0.1) is 0 Å². The van der Waals surface area contributed by atoms with Gasteiger partial charge in [-0.15, -0.1) is 0 Å². The van der Waals surface area contributed by atoms with Crippen LogP contribution in [-0.2, 0) is 29.1 Å². The van der Waals surface area contributed by atoms with Crippen LogP contribution in [0.5, 0.6) is 0 Å². The Kier molecular flexibility index (Phi) is 38.8. The van der Waals surface area contributed by atoms with Gasteiger partial charge in [0, 0.05) is 31.6 Å². The number of hydrogen-bond acceptors (Lipinski definition) is 2. The van der Waals surface area contributed by atoms with E-state index < -0.39 is 11.9 Å². The van der Waals surface area contributed by atoms with E-state index >= 15 is 0 Å². The van der Waals surface area contributed by atoms with Gasteiger partial charge in [-0.05, 0) is 25.7 Å². The third kappa shape index (κ3) is 43.5. The number of carbonyl (C=O) groups is 2. The molecule has 0 fully saturated rings. The molecule has 5 heteroatoms. The minimum Gasteiger partial charge on any atom is -0.478 e. The van der Waals surface area contributed by atoms with E-state index in [1.54, 1.807) is 12.2 Å². The Bertz CT molecular complexity index is 445. The SMILES string of the molecule is CCCCCCCCCCCCC=CC(=O)O.CCCCCCCCCCCCC=CC(=O)O.[Zn]. The predicted octanol–water partition coefficient (Wildman–Crippen LogP) is 9.87. The number of unbranched alkanes of at least 4 members (excludes halogenated alkanes) is 20. The normalized spacial score (nSPS) is 10.8. The van der Waals surface area contributed by atoms with Crippen LogP contribution in [0.3, 0.4) is 0 Å². The molecule has 35 heavy (non-hydrogen) atoms. The molecule has 0 aromatic rings. The molecule has 0 atom stereocenters. The van der Waals surface area contributed by atoms with Gasteiger partial charge in [0.1, 0.15) is 0 Å². The standard InChI is InChI=1S/2C15H28O2.Zn/c2*1-2-3-4-5-6-7-8-9-10-11-12-13-14-15(16)17;/h2*13-14H,2-12H2,1H3,(H,16,17);. The van der Waals surface area contributed by atoms with Gasteiger partial charge in [0.2, 0.25) is 0 Å². The summed E-state index contributed by atoms with van der Waals surface area (Å²) in [7, 11) is 0. The van der Waals surface area contributed by atoms with Gasteiger partial charge < -0.3 is 10.2 Å². The van der Waals surface area contributed by atoms with E-state index in [4.69, 9.17) is 10.2 Å². The summed E-state index contributed by atoms with van der Waals surface area (Å²) < 4.78 is 0. The van der Waals surface area contributed by atoms with Gasteiger partial charge in [-0.3, -0.25) is 0 Å². The second-order valence-electron chi connectivity index (χ2n) is 9.42. The molecule has 0 aliphatic rings. The summed E-state index contributed by atoms with van der Waals surface area (Å²) in [6.07, 6.45) is 34.3. The van der Waals surface area contributed by atoms with Crippen LogP contribution < -0.4 is 0 Å². The number of carboxylic acid groups (broad SMARTS) is 2. The molecule has 0 heterocycles. The van der Waals surface area contributed by atoms with Crippen LogP contribution >= 0.6 is 0 Å². The van der Waals surface area contributed by atoms with Crippen LogP contribution in [0.2, 0.25) is 0 Å². The molecule has 202 valence electrons. The molecule has 0 radical (unpaired) electrons. The first-order chi connectivity index (χ1) is 16.5. The first-order valence-corrected chi connectivity index (χ1v) is 14.3. The Balaban J connectivity index is -0.000000569. The summed E-state index contributed by atoms with van der Waals surface area (Å²) in [6, 6.07) is 0. The average Bonchev–Trinajstić information content (AvgIpc) is 2.80. The summed E-state index contributed by atoms with van der Waals surface area (Å²) in [4.78, 5) is 20.4. The van der Waals surface area contributed by atoms with Crippen LogP contribution in [0.15, 0.2) is 24.3 Å². The molecule has 0 saturated carbocycles. The van der Waals surface area contributed by atoms with Gasteiger partial charge in [0.05, 0.1) is 0 Å². The fourth-order valence-electron chi connectivity index (χ4n) is 3.87. The van der Waals surface area contributed by atoms with Gasteiger partial charge in [-0.25, -0.2) is 9.59 Å². The van der Waals surface area contributed by atoms with Crippen molar-refractivity contribution in [1.29, 1.82) is 0 Å². The van der Waals surface area contributed by atoms with Crippen LogP contribution in [0.1, 0.15) is 155 Å². The maximum absolute atomic E-state index is 10.2. The summed E-state index contributed by atoms with van der Waals surface area (Å²) >= 11 is 0. The van der Waals surface area contributed by atoms with E-state index in [-0.39, 0.29) is 19.5 Å². The maximum Gasteiger partial charge on any atom is 0.327 e. The topological polar surface area (TPSA) is 74.6 Å². The van der Waals surface area contributed by atoms with Crippen molar-refractivity contribution in [1.82, 2.24) is 0 Å². The summed E-state index contributed by atoms with van der Waals surface area (Å²) in [5, 5.41) is 16.8. The minimum atomic E-state index is -0.836. The number of aliphatic carboxylic acids is 2. The van der Waals surface area contributed by atoms with E-state index in [1.165, 1.54) is 128 Å². The summed E-state index contributed by atoms with van der Waals surface area (Å²) in [6.45, 7) is 4.50. The van der Waals surface area contributed by atoms with Crippen LogP contribution in [0.4, 0.5) is 0 Å². The second kappa shape index (κ2) is 35.2. The van der Waals surface area contributed by atoms with Crippen molar-refractivity contribution in [2.75, 3.05) is 0 Å². The minimum absolute atomic E-state index is 0. The monoisotopic (exact) mass is 544 g/mol. The van der Waals surface area contributed by atoms with Crippen molar-refractivity contribution in [3.05, 3.63) is 24.3 Å². The molecule has 0 amide bonds. The van der Waals surface area contributed by atoms with E-state index in [0.717, 1.165) is 25.7 Å². The molecule has 4 nitrogen and oxygen atoms in total. The molecule has 0 aliphatic heterocycles. The molecular formula is C30H56O4Zn. The van der Waals surface area contributed by atoms with E-state index in [1.807, 2.05) is 0 Å². The molecule has 0 spiro atoms. The Morgan fingerprint density at radius 2 is 0.686 bits per heavy atom. The van der Waals surface area contributed by atoms with Gasteiger partial charge in [-0.2, -0.15) is 0 Å². The largest absolute Gasteiger partial charge is 0.478 e. The molecule has 0 rings (SSSR count). The molecule has 2 N–H and O–H groups in total. The second-order valence-corrected chi connectivity index (χ2v) is 9.42. The quantitative estimate of drug-likeness (QED) is 0.0718. The summed E-state index contributed by atoms with van der Waals surface area (Å²) in [5.41, 5.74) is 0. The zero-order valence-electron chi connectivity index (χ0n) is 23.3. The van der Waals surface area contributed by atoms with Crippen molar-refractivity contribution in [2.24, 2.45) is 0 Å². The molecule has 0 aliphatic carbocycles. The third-order valence-corrected chi connectivity index (χ3v) is 5.97. The maximum atomic E-state index is 10.2. The third-order valence-electron chi connectivity index (χ3n) is 5.97. The van der Waals surface area contributed by atoms with Gasteiger partial charge in [0.15, 0.2) is 0 Å². The van der Waals surface area contributed by atoms with E-state index in [0.29, 0.717) is 0 Å². The first kappa shape index (κ1) is 38.6. The fraction of sp³-hybridized carbons (Fsp3) is 0.800. The zero-order chi connectivity index (χ0) is 25.5. The molecule has 0 aromatic heterocycles. The molecule has 0 aromatic carbocycles. The fourth-order valence-corrected chi connectivity index (χ4v) is 3.87. The van der Waals surface area contributed by atoms with Crippen molar-refractivity contribution >= 4 is 11.9 Å². The van der Waals surface area contributed by atoms with Gasteiger partial charge >= 0.3 is 11.9 Å².